The van der Waals surface area contributed by atoms with E-state index in [0.29, 0.717) is 5.57 Å². The van der Waals surface area contributed by atoms with Crippen LogP contribution >= 0.6 is 23.2 Å². The third kappa shape index (κ3) is 1.19. The molecule has 0 spiro atoms. The molecule has 0 saturated heterocycles. The first kappa shape index (κ1) is 6.90. The van der Waals surface area contributed by atoms with Gasteiger partial charge < -0.3 is 4.74 Å². The Morgan fingerprint density at radius 2 is 2.33 bits per heavy atom. The zero-order chi connectivity index (χ0) is 6.85. The molecule has 0 aromatic rings. The minimum Gasteiger partial charge on any atom is -0.457 e. The van der Waals surface area contributed by atoms with E-state index in [1.54, 1.807) is 0 Å². The average Bonchev–Trinajstić information content (AvgIpc) is 2.15. The lowest BCUT2D eigenvalue weighted by Crippen LogP contribution is -1.93. The fourth-order valence-corrected chi connectivity index (χ4v) is 0.976. The number of hydrogen-bond acceptors (Lipinski definition) is 2. The molecule has 0 unspecified atom stereocenters. The molecule has 0 aromatic carbocycles. The third-order valence-corrected chi connectivity index (χ3v) is 1.77. The second kappa shape index (κ2) is 2.58. The summed E-state index contributed by atoms with van der Waals surface area (Å²) < 4.78 is 4.54. The van der Waals surface area contributed by atoms with Gasteiger partial charge in [0.1, 0.15) is 11.6 Å². The van der Waals surface area contributed by atoms with E-state index in [0.717, 1.165) is 0 Å². The minimum atomic E-state index is -0.465. The van der Waals surface area contributed by atoms with Crippen molar-refractivity contribution in [2.24, 2.45) is 0 Å². The van der Waals surface area contributed by atoms with E-state index >= 15 is 0 Å². The average molecular weight is 167 g/mol. The van der Waals surface area contributed by atoms with Crippen molar-refractivity contribution in [2.45, 2.75) is 0 Å². The Labute approximate surface area is 62.4 Å². The number of rotatable bonds is 1. The van der Waals surface area contributed by atoms with Crippen LogP contribution in [0, 0.1) is 0 Å². The van der Waals surface area contributed by atoms with E-state index in [-0.39, 0.29) is 17.5 Å². The van der Waals surface area contributed by atoms with Crippen LogP contribution in [0.2, 0.25) is 0 Å². The van der Waals surface area contributed by atoms with Gasteiger partial charge in [0.2, 0.25) is 0 Å². The van der Waals surface area contributed by atoms with E-state index in [1.165, 1.54) is 0 Å². The molecule has 2 nitrogen and oxygen atoms in total. The van der Waals surface area contributed by atoms with Crippen LogP contribution in [0.15, 0.2) is 10.6 Å². The molecular formula is C5H4Cl2O2. The fraction of sp³-hybridized carbons (Fsp3) is 0.400. The van der Waals surface area contributed by atoms with Gasteiger partial charge in [-0.15, -0.1) is 11.6 Å². The van der Waals surface area contributed by atoms with Gasteiger partial charge in [0, 0.05) is 11.5 Å². The van der Waals surface area contributed by atoms with E-state index in [9.17, 15) is 4.79 Å². The van der Waals surface area contributed by atoms with Crippen LogP contribution in [0.1, 0.15) is 0 Å². The van der Waals surface area contributed by atoms with Crippen LogP contribution in [0.4, 0.5) is 0 Å². The number of hydrogen-bond donors (Lipinski definition) is 0. The Morgan fingerprint density at radius 1 is 1.67 bits per heavy atom. The maximum atomic E-state index is 10.5. The van der Waals surface area contributed by atoms with Gasteiger partial charge in [-0.05, 0) is 0 Å². The predicted molar refractivity (Wildman–Crippen MR) is 34.6 cm³/mol. The standard InChI is InChI=1S/C5H4Cl2O2/c6-1-3-2-9-5(8)4(3)7/h1-2H2. The molecule has 50 valence electrons. The second-order valence-corrected chi connectivity index (χ2v) is 2.27. The molecule has 0 N–H and O–H groups in total. The number of esters is 1. The first-order chi connectivity index (χ1) is 4.25. The monoisotopic (exact) mass is 166 g/mol. The topological polar surface area (TPSA) is 26.3 Å². The highest BCUT2D eigenvalue weighted by molar-refractivity contribution is 6.42. The molecule has 1 heterocycles. The van der Waals surface area contributed by atoms with Gasteiger partial charge in [-0.3, -0.25) is 0 Å². The van der Waals surface area contributed by atoms with Gasteiger partial charge in [-0.1, -0.05) is 11.6 Å². The number of cyclic esters (lactones) is 1. The van der Waals surface area contributed by atoms with Gasteiger partial charge in [-0.2, -0.15) is 0 Å². The molecule has 0 atom stereocenters. The highest BCUT2D eigenvalue weighted by Crippen LogP contribution is 2.19. The van der Waals surface area contributed by atoms with Gasteiger partial charge >= 0.3 is 5.97 Å². The molecular weight excluding hydrogens is 163 g/mol. The van der Waals surface area contributed by atoms with Crippen LogP contribution < -0.4 is 0 Å². The number of ether oxygens (including phenoxy) is 1. The number of halogens is 2. The maximum Gasteiger partial charge on any atom is 0.350 e. The summed E-state index contributed by atoms with van der Waals surface area (Å²) in [6, 6.07) is 0. The van der Waals surface area contributed by atoms with Crippen molar-refractivity contribution in [3.63, 3.8) is 0 Å². The molecule has 0 aliphatic carbocycles. The fourth-order valence-electron chi connectivity index (χ4n) is 0.521. The first-order valence-corrected chi connectivity index (χ1v) is 3.27. The van der Waals surface area contributed by atoms with Crippen LogP contribution in [-0.4, -0.2) is 18.5 Å². The van der Waals surface area contributed by atoms with Crippen molar-refractivity contribution >= 4 is 29.2 Å². The Morgan fingerprint density at radius 3 is 2.56 bits per heavy atom. The van der Waals surface area contributed by atoms with Gasteiger partial charge in [0.05, 0.1) is 0 Å². The Kier molecular flexibility index (Phi) is 1.98. The largest absolute Gasteiger partial charge is 0.457 e. The minimum absolute atomic E-state index is 0.144. The van der Waals surface area contributed by atoms with Gasteiger partial charge in [0.25, 0.3) is 0 Å². The van der Waals surface area contributed by atoms with Crippen LogP contribution in [0.3, 0.4) is 0 Å². The van der Waals surface area contributed by atoms with E-state index < -0.39 is 5.97 Å². The van der Waals surface area contributed by atoms with Gasteiger partial charge in [0.15, 0.2) is 0 Å². The molecule has 0 saturated carbocycles. The summed E-state index contributed by atoms with van der Waals surface area (Å²) in [5.41, 5.74) is 0.670. The van der Waals surface area contributed by atoms with Crippen molar-refractivity contribution in [2.75, 3.05) is 12.5 Å². The van der Waals surface area contributed by atoms with E-state index in [2.05, 4.69) is 4.74 Å². The highest BCUT2D eigenvalue weighted by atomic mass is 35.5. The third-order valence-electron chi connectivity index (χ3n) is 1.03. The number of alkyl halides is 1. The molecule has 0 bridgehead atoms. The van der Waals surface area contributed by atoms with Crippen molar-refractivity contribution in [3.05, 3.63) is 10.6 Å². The molecule has 4 heteroatoms. The Bertz CT molecular complexity index is 174. The molecule has 0 amide bonds. The van der Waals surface area contributed by atoms with Crippen molar-refractivity contribution < 1.29 is 9.53 Å². The molecule has 0 fully saturated rings. The summed E-state index contributed by atoms with van der Waals surface area (Å²) >= 11 is 10.8. The smallest absolute Gasteiger partial charge is 0.350 e. The molecule has 0 aromatic heterocycles. The molecule has 1 aliphatic rings. The number of carbonyl (C=O) groups excluding carboxylic acids is 1. The first-order valence-electron chi connectivity index (χ1n) is 2.36. The second-order valence-electron chi connectivity index (χ2n) is 1.63. The zero-order valence-electron chi connectivity index (χ0n) is 4.49. The zero-order valence-corrected chi connectivity index (χ0v) is 6.00. The predicted octanol–water partition coefficient (Wildman–Crippen LogP) is 1.27. The van der Waals surface area contributed by atoms with Crippen molar-refractivity contribution in [1.82, 2.24) is 0 Å². The quantitative estimate of drug-likeness (QED) is 0.434. The molecule has 9 heavy (non-hydrogen) atoms. The van der Waals surface area contributed by atoms with Crippen LogP contribution in [-0.2, 0) is 9.53 Å². The summed E-state index contributed by atoms with van der Waals surface area (Å²) in [6.45, 7) is 0.251. The Hall–Kier alpha value is -0.210. The normalized spacial score (nSPS) is 18.7. The number of carbonyl (C=O) groups is 1. The lowest BCUT2D eigenvalue weighted by molar-refractivity contribution is -0.135. The SMILES string of the molecule is O=C1OCC(CCl)=C1Cl. The van der Waals surface area contributed by atoms with Crippen LogP contribution in [0.5, 0.6) is 0 Å². The van der Waals surface area contributed by atoms with Crippen molar-refractivity contribution in [3.8, 4) is 0 Å². The van der Waals surface area contributed by atoms with Crippen LogP contribution in [0.25, 0.3) is 0 Å². The lowest BCUT2D eigenvalue weighted by Gasteiger charge is -1.88. The summed E-state index contributed by atoms with van der Waals surface area (Å²) in [5, 5.41) is 0.144. The summed E-state index contributed by atoms with van der Waals surface area (Å²) in [5.74, 6) is -0.197. The summed E-state index contributed by atoms with van der Waals surface area (Å²) in [6.07, 6.45) is 0. The molecule has 1 aliphatic heterocycles. The molecule has 1 rings (SSSR count). The summed E-state index contributed by atoms with van der Waals surface area (Å²) in [7, 11) is 0. The van der Waals surface area contributed by atoms with Gasteiger partial charge in [-0.25, -0.2) is 4.79 Å². The lowest BCUT2D eigenvalue weighted by atomic mass is 10.3. The Balaban J connectivity index is 2.79. The van der Waals surface area contributed by atoms with Crippen molar-refractivity contribution in [1.29, 1.82) is 0 Å². The summed E-state index contributed by atoms with van der Waals surface area (Å²) in [4.78, 5) is 10.5. The molecule has 0 radical (unpaired) electrons. The maximum absolute atomic E-state index is 10.5. The van der Waals surface area contributed by atoms with E-state index in [1.807, 2.05) is 0 Å². The highest BCUT2D eigenvalue weighted by Gasteiger charge is 2.21. The van der Waals surface area contributed by atoms with E-state index in [4.69, 9.17) is 23.2 Å².